The molecule has 0 atom stereocenters. The minimum Gasteiger partial charge on any atom is -0.137 e. The van der Waals surface area contributed by atoms with Crippen LogP contribution in [0.5, 0.6) is 0 Å². The maximum Gasteiger partial charge on any atom is 0.0850 e. The highest BCUT2D eigenvalue weighted by Gasteiger charge is 2.08. The second-order valence-corrected chi connectivity index (χ2v) is 10.3. The summed E-state index contributed by atoms with van der Waals surface area (Å²) in [6.45, 7) is 0. The summed E-state index contributed by atoms with van der Waals surface area (Å²) in [6.07, 6.45) is 0. The molecule has 0 fully saturated rings. The van der Waals surface area contributed by atoms with Gasteiger partial charge in [0, 0.05) is 16.7 Å². The van der Waals surface area contributed by atoms with Gasteiger partial charge in [0.1, 0.15) is 0 Å². The summed E-state index contributed by atoms with van der Waals surface area (Å²) in [7, 11) is 0. The summed E-state index contributed by atoms with van der Waals surface area (Å²) in [6, 6.07) is 27.9. The molecule has 0 bridgehead atoms. The van der Waals surface area contributed by atoms with Crippen molar-refractivity contribution in [2.45, 2.75) is 0 Å². The van der Waals surface area contributed by atoms with Gasteiger partial charge >= 0.3 is 0 Å². The first-order chi connectivity index (χ1) is 14.3. The van der Waals surface area contributed by atoms with Crippen molar-refractivity contribution >= 4 is 45.3 Å². The molecule has 0 aliphatic heterocycles. The average Bonchev–Trinajstić information content (AvgIpc) is 3.44. The van der Waals surface area contributed by atoms with E-state index in [1.54, 1.807) is 22.7 Å². The zero-order valence-corrected chi connectivity index (χ0v) is 19.1. The largest absolute Gasteiger partial charge is 0.137 e. The Morgan fingerprint density at radius 1 is 0.586 bits per heavy atom. The van der Waals surface area contributed by atoms with Crippen molar-refractivity contribution in [2.24, 2.45) is 0 Å². The summed E-state index contributed by atoms with van der Waals surface area (Å²) in [5.41, 5.74) is 8.51. The van der Waals surface area contributed by atoms with Gasteiger partial charge in [0.05, 0.1) is 7.76 Å². The van der Waals surface area contributed by atoms with Crippen LogP contribution in [-0.4, -0.2) is 0 Å². The summed E-state index contributed by atoms with van der Waals surface area (Å²) in [5, 5.41) is 4.27. The number of fused-ring (bicyclic) bond motifs is 1. The molecule has 5 rings (SSSR count). The molecule has 2 aliphatic rings. The van der Waals surface area contributed by atoms with Crippen molar-refractivity contribution in [3.63, 3.8) is 0 Å². The van der Waals surface area contributed by atoms with Crippen molar-refractivity contribution in [2.75, 3.05) is 0 Å². The van der Waals surface area contributed by atoms with E-state index in [4.69, 9.17) is 0 Å². The van der Waals surface area contributed by atoms with Gasteiger partial charge < -0.3 is 0 Å². The minimum absolute atomic E-state index is 1.06. The Labute approximate surface area is 192 Å². The molecule has 2 aromatic heterocycles. The third-order valence-corrected chi connectivity index (χ3v) is 7.71. The molecule has 0 spiro atoms. The normalized spacial score (nSPS) is 10.7. The van der Waals surface area contributed by atoms with Crippen molar-refractivity contribution in [1.29, 1.82) is 0 Å². The molecule has 3 heteroatoms. The molecule has 0 radical (unpaired) electrons. The molecule has 29 heavy (non-hydrogen) atoms. The van der Waals surface area contributed by atoms with Gasteiger partial charge in [0.15, 0.2) is 0 Å². The Morgan fingerprint density at radius 2 is 1.21 bits per heavy atom. The highest BCUT2D eigenvalue weighted by atomic mass is 127. The van der Waals surface area contributed by atoms with Crippen LogP contribution in [0.3, 0.4) is 0 Å². The lowest BCUT2D eigenvalue weighted by Crippen LogP contribution is -1.80. The molecule has 0 saturated carbocycles. The molecule has 138 valence electrons. The fourth-order valence-corrected chi connectivity index (χ4v) is 5.71. The first kappa shape index (κ1) is 18.6. The second kappa shape index (κ2) is 8.16. The van der Waals surface area contributed by atoms with Gasteiger partial charge in [-0.05, 0) is 79.9 Å². The van der Waals surface area contributed by atoms with E-state index < -0.39 is 0 Å². The van der Waals surface area contributed by atoms with Crippen LogP contribution in [0.2, 0.25) is 0 Å². The third-order valence-electron chi connectivity index (χ3n) is 4.84. The van der Waals surface area contributed by atoms with Crippen molar-refractivity contribution in [1.82, 2.24) is 0 Å². The van der Waals surface area contributed by atoms with Gasteiger partial charge in [-0.1, -0.05) is 66.4 Å². The van der Waals surface area contributed by atoms with Gasteiger partial charge in [-0.2, -0.15) is 0 Å². The molecule has 3 aromatic rings. The zero-order valence-electron chi connectivity index (χ0n) is 15.4. The molecule has 0 unspecified atom stereocenters. The van der Waals surface area contributed by atoms with Crippen LogP contribution in [0.1, 0.15) is 10.4 Å². The highest BCUT2D eigenvalue weighted by Crippen LogP contribution is 2.33. The maximum atomic E-state index is 3.40. The number of rotatable bonds is 2. The Balaban J connectivity index is 1.45. The Bertz CT molecular complexity index is 1280. The van der Waals surface area contributed by atoms with E-state index >= 15 is 0 Å². The van der Waals surface area contributed by atoms with E-state index in [2.05, 4.69) is 118 Å². The molecule has 2 aliphatic carbocycles. The van der Waals surface area contributed by atoms with E-state index in [1.165, 1.54) is 36.3 Å². The van der Waals surface area contributed by atoms with Crippen LogP contribution in [0, 0.1) is 14.7 Å². The van der Waals surface area contributed by atoms with Crippen LogP contribution < -0.4 is 0 Å². The highest BCUT2D eigenvalue weighted by molar-refractivity contribution is 14.1. The van der Waals surface area contributed by atoms with E-state index in [0.29, 0.717) is 0 Å². The standard InChI is InChI=1S/C26H15IS2/c27-26-24(13-15-29-26)20-9-7-19(8-10-20)23-12-14-28-25(23)11-6-18-16-21-4-2-1-3-5-22(21)17-18/h1-5,7-10,12-17H. The fourth-order valence-electron chi connectivity index (χ4n) is 3.38. The second-order valence-electron chi connectivity index (χ2n) is 6.66. The van der Waals surface area contributed by atoms with Gasteiger partial charge in [-0.15, -0.1) is 22.7 Å². The zero-order chi connectivity index (χ0) is 19.6. The quantitative estimate of drug-likeness (QED) is 0.163. The van der Waals surface area contributed by atoms with E-state index in [9.17, 15) is 0 Å². The molecular weight excluding hydrogens is 503 g/mol. The monoisotopic (exact) mass is 518 g/mol. The van der Waals surface area contributed by atoms with E-state index in [0.717, 1.165) is 10.4 Å². The molecule has 0 nitrogen and oxygen atoms in total. The van der Waals surface area contributed by atoms with Crippen LogP contribution in [0.25, 0.3) is 33.4 Å². The molecule has 0 saturated heterocycles. The Hall–Kier alpha value is -2.39. The summed E-state index contributed by atoms with van der Waals surface area (Å²) in [4.78, 5) is 1.11. The van der Waals surface area contributed by atoms with Crippen LogP contribution in [0.15, 0.2) is 89.6 Å². The first-order valence-electron chi connectivity index (χ1n) is 9.20. The number of hydrogen-bond acceptors (Lipinski definition) is 2. The lowest BCUT2D eigenvalue weighted by atomic mass is 10.0. The minimum atomic E-state index is 1.06. The summed E-state index contributed by atoms with van der Waals surface area (Å²) < 4.78 is 1.33. The van der Waals surface area contributed by atoms with E-state index in [-0.39, 0.29) is 0 Å². The Kier molecular flexibility index (Phi) is 5.24. The van der Waals surface area contributed by atoms with Gasteiger partial charge in [0.2, 0.25) is 0 Å². The van der Waals surface area contributed by atoms with Crippen molar-refractivity contribution in [3.05, 3.63) is 103 Å². The Morgan fingerprint density at radius 3 is 1.86 bits per heavy atom. The lowest BCUT2D eigenvalue weighted by molar-refractivity contribution is 1.64. The number of thiophene rings is 2. The third kappa shape index (κ3) is 3.89. The molecule has 0 N–H and O–H groups in total. The van der Waals surface area contributed by atoms with Crippen molar-refractivity contribution < 1.29 is 0 Å². The number of benzene rings is 1. The summed E-state index contributed by atoms with van der Waals surface area (Å²) in [5.74, 6) is 6.76. The van der Waals surface area contributed by atoms with Gasteiger partial charge in [0.25, 0.3) is 0 Å². The number of hydrogen-bond donors (Lipinski definition) is 0. The molecule has 2 heterocycles. The molecule has 1 aromatic carbocycles. The average molecular weight is 518 g/mol. The lowest BCUT2D eigenvalue weighted by Gasteiger charge is -2.03. The predicted molar refractivity (Wildman–Crippen MR) is 135 cm³/mol. The van der Waals surface area contributed by atoms with Crippen LogP contribution >= 0.6 is 45.3 Å². The van der Waals surface area contributed by atoms with Crippen molar-refractivity contribution in [3.8, 4) is 45.2 Å². The van der Waals surface area contributed by atoms with Gasteiger partial charge in [-0.3, -0.25) is 0 Å². The summed E-state index contributed by atoms with van der Waals surface area (Å²) >= 11 is 5.89. The van der Waals surface area contributed by atoms with Crippen LogP contribution in [-0.2, 0) is 0 Å². The maximum absolute atomic E-state index is 3.40. The topological polar surface area (TPSA) is 0 Å². The SMILES string of the molecule is Ic1sccc1-c1ccc(-c2ccsc2C#Cc2cc3cccccc-3c2)cc1. The smallest absolute Gasteiger partial charge is 0.0850 e. The fraction of sp³-hybridized carbons (Fsp3) is 0. The van der Waals surface area contributed by atoms with E-state index in [1.807, 2.05) is 6.07 Å². The van der Waals surface area contributed by atoms with Gasteiger partial charge in [-0.25, -0.2) is 0 Å². The number of halogens is 1. The predicted octanol–water partition coefficient (Wildman–Crippen LogP) is 8.25. The molecule has 0 amide bonds. The van der Waals surface area contributed by atoms with Crippen LogP contribution in [0.4, 0.5) is 0 Å². The molecular formula is C26H15IS2. The first-order valence-corrected chi connectivity index (χ1v) is 12.0.